The summed E-state index contributed by atoms with van der Waals surface area (Å²) in [5.74, 6) is -0.555. The van der Waals surface area contributed by atoms with E-state index in [0.29, 0.717) is 42.6 Å². The molecule has 10 heteroatoms. The maximum Gasteiger partial charge on any atom is 0.243 e. The van der Waals surface area contributed by atoms with Crippen LogP contribution in [0.2, 0.25) is 5.02 Å². The van der Waals surface area contributed by atoms with E-state index in [1.165, 1.54) is 31.2 Å². The van der Waals surface area contributed by atoms with Gasteiger partial charge in [0.15, 0.2) is 0 Å². The number of nitrogens with one attached hydrogen (secondary N) is 1. The van der Waals surface area contributed by atoms with Gasteiger partial charge < -0.3 is 15.0 Å². The van der Waals surface area contributed by atoms with Gasteiger partial charge in [-0.15, -0.1) is 0 Å². The zero-order valence-electron chi connectivity index (χ0n) is 17.1. The number of carbonyl (C=O) groups excluding carboxylic acids is 2. The summed E-state index contributed by atoms with van der Waals surface area (Å²) in [4.78, 5) is 25.6. The number of anilines is 1. The van der Waals surface area contributed by atoms with Crippen LogP contribution in [-0.2, 0) is 30.9 Å². The van der Waals surface area contributed by atoms with Crippen LogP contribution in [0.25, 0.3) is 0 Å². The van der Waals surface area contributed by atoms with Crippen LogP contribution in [0.1, 0.15) is 12.5 Å². The van der Waals surface area contributed by atoms with E-state index in [4.69, 9.17) is 16.3 Å². The lowest BCUT2D eigenvalue weighted by Crippen LogP contribution is -2.46. The third-order valence-electron chi connectivity index (χ3n) is 4.79. The summed E-state index contributed by atoms with van der Waals surface area (Å²) in [5.41, 5.74) is 1.07. The molecule has 3 rings (SSSR count). The normalized spacial score (nSPS) is 14.5. The minimum Gasteiger partial charge on any atom is -0.378 e. The first kappa shape index (κ1) is 23.2. The fourth-order valence-electron chi connectivity index (χ4n) is 3.17. The molecule has 0 radical (unpaired) electrons. The second-order valence-electron chi connectivity index (χ2n) is 7.06. The molecule has 1 fully saturated rings. The number of rotatable bonds is 7. The van der Waals surface area contributed by atoms with E-state index in [1.807, 2.05) is 0 Å². The van der Waals surface area contributed by atoms with Crippen molar-refractivity contribution in [3.05, 3.63) is 59.1 Å². The van der Waals surface area contributed by atoms with Gasteiger partial charge in [0.05, 0.1) is 24.7 Å². The van der Waals surface area contributed by atoms with Crippen LogP contribution < -0.4 is 5.32 Å². The van der Waals surface area contributed by atoms with Crippen LogP contribution in [0.4, 0.5) is 5.69 Å². The highest BCUT2D eigenvalue weighted by atomic mass is 35.5. The molecule has 0 aromatic heterocycles. The van der Waals surface area contributed by atoms with E-state index in [9.17, 15) is 18.0 Å². The monoisotopic (exact) mass is 465 g/mol. The van der Waals surface area contributed by atoms with Crippen LogP contribution >= 0.6 is 11.6 Å². The highest BCUT2D eigenvalue weighted by Crippen LogP contribution is 2.24. The van der Waals surface area contributed by atoms with Gasteiger partial charge in [-0.05, 0) is 35.9 Å². The molecule has 2 aromatic rings. The molecule has 31 heavy (non-hydrogen) atoms. The number of ether oxygens (including phenoxy) is 1. The molecular formula is C21H24ClN3O5S. The van der Waals surface area contributed by atoms with Crippen molar-refractivity contribution in [2.24, 2.45) is 0 Å². The maximum atomic E-state index is 13.4. The summed E-state index contributed by atoms with van der Waals surface area (Å²) in [7, 11) is -4.01. The molecule has 166 valence electrons. The van der Waals surface area contributed by atoms with E-state index in [1.54, 1.807) is 29.2 Å². The van der Waals surface area contributed by atoms with E-state index in [2.05, 4.69) is 5.32 Å². The zero-order chi connectivity index (χ0) is 22.4. The summed E-state index contributed by atoms with van der Waals surface area (Å²) in [6.07, 6.45) is 0. The Morgan fingerprint density at radius 2 is 1.74 bits per heavy atom. The van der Waals surface area contributed by atoms with Crippen molar-refractivity contribution in [3.8, 4) is 0 Å². The predicted octanol–water partition coefficient (Wildman–Crippen LogP) is 2.35. The van der Waals surface area contributed by atoms with Crippen molar-refractivity contribution < 1.29 is 22.7 Å². The topological polar surface area (TPSA) is 96.0 Å². The number of halogens is 1. The average Bonchev–Trinajstić information content (AvgIpc) is 2.75. The largest absolute Gasteiger partial charge is 0.378 e. The van der Waals surface area contributed by atoms with Crippen molar-refractivity contribution in [2.75, 3.05) is 38.2 Å². The Kier molecular flexibility index (Phi) is 7.66. The Hall–Kier alpha value is -2.46. The molecule has 0 atom stereocenters. The molecule has 1 N–H and O–H groups in total. The SMILES string of the molecule is CC(=O)Nc1ccc(S(=O)(=O)N(CC(=O)N2CCOCC2)Cc2ccccc2Cl)cc1. The minimum atomic E-state index is -4.01. The molecule has 0 aliphatic carbocycles. The van der Waals surface area contributed by atoms with Crippen molar-refractivity contribution in [1.82, 2.24) is 9.21 Å². The molecule has 0 unspecified atom stereocenters. The number of benzene rings is 2. The lowest BCUT2D eigenvalue weighted by Gasteiger charge is -2.30. The predicted molar refractivity (Wildman–Crippen MR) is 117 cm³/mol. The molecule has 2 amide bonds. The summed E-state index contributed by atoms with van der Waals surface area (Å²) in [6, 6.07) is 12.7. The van der Waals surface area contributed by atoms with Crippen molar-refractivity contribution in [3.63, 3.8) is 0 Å². The van der Waals surface area contributed by atoms with Gasteiger partial charge in [0.1, 0.15) is 0 Å². The number of nitrogens with zero attached hydrogens (tertiary/aromatic N) is 2. The lowest BCUT2D eigenvalue weighted by atomic mass is 10.2. The maximum absolute atomic E-state index is 13.4. The highest BCUT2D eigenvalue weighted by Gasteiger charge is 2.29. The van der Waals surface area contributed by atoms with E-state index < -0.39 is 10.0 Å². The van der Waals surface area contributed by atoms with Gasteiger partial charge in [-0.3, -0.25) is 9.59 Å². The molecule has 0 spiro atoms. The molecule has 0 bridgehead atoms. The number of carbonyl (C=O) groups is 2. The Bertz CT molecular complexity index is 1040. The molecular weight excluding hydrogens is 442 g/mol. The molecule has 0 saturated carbocycles. The lowest BCUT2D eigenvalue weighted by molar-refractivity contribution is -0.135. The number of hydrogen-bond donors (Lipinski definition) is 1. The van der Waals surface area contributed by atoms with Gasteiger partial charge >= 0.3 is 0 Å². The molecule has 1 saturated heterocycles. The Morgan fingerprint density at radius 3 is 2.35 bits per heavy atom. The number of morpholine rings is 1. The molecule has 1 aliphatic rings. The van der Waals surface area contributed by atoms with Crippen molar-refractivity contribution in [2.45, 2.75) is 18.4 Å². The van der Waals surface area contributed by atoms with Crippen LogP contribution in [0.3, 0.4) is 0 Å². The summed E-state index contributed by atoms with van der Waals surface area (Å²) < 4.78 is 33.2. The minimum absolute atomic E-state index is 0.0171. The Labute approximate surface area is 186 Å². The second kappa shape index (κ2) is 10.2. The van der Waals surface area contributed by atoms with Crippen LogP contribution in [-0.4, -0.2) is 62.3 Å². The molecule has 8 nitrogen and oxygen atoms in total. The van der Waals surface area contributed by atoms with Gasteiger partial charge in [0.25, 0.3) is 0 Å². The summed E-state index contributed by atoms with van der Waals surface area (Å²) >= 11 is 6.25. The smallest absolute Gasteiger partial charge is 0.243 e. The van der Waals surface area contributed by atoms with E-state index in [-0.39, 0.29) is 29.8 Å². The van der Waals surface area contributed by atoms with Crippen molar-refractivity contribution >= 4 is 39.1 Å². The first-order valence-electron chi connectivity index (χ1n) is 9.74. The van der Waals surface area contributed by atoms with Crippen LogP contribution in [0, 0.1) is 0 Å². The quantitative estimate of drug-likeness (QED) is 0.677. The Balaban J connectivity index is 1.88. The summed E-state index contributed by atoms with van der Waals surface area (Å²) in [6.45, 7) is 2.69. The number of amides is 2. The first-order valence-corrected chi connectivity index (χ1v) is 11.6. The number of hydrogen-bond acceptors (Lipinski definition) is 5. The average molecular weight is 466 g/mol. The van der Waals surface area contributed by atoms with Gasteiger partial charge in [-0.2, -0.15) is 4.31 Å². The van der Waals surface area contributed by atoms with Crippen LogP contribution in [0.15, 0.2) is 53.4 Å². The van der Waals surface area contributed by atoms with Gasteiger partial charge in [0, 0.05) is 37.3 Å². The van der Waals surface area contributed by atoms with Gasteiger partial charge in [-0.25, -0.2) is 8.42 Å². The van der Waals surface area contributed by atoms with E-state index >= 15 is 0 Å². The first-order chi connectivity index (χ1) is 14.8. The third-order valence-corrected chi connectivity index (χ3v) is 6.97. The summed E-state index contributed by atoms with van der Waals surface area (Å²) in [5, 5.41) is 3.02. The van der Waals surface area contributed by atoms with Gasteiger partial charge in [0.2, 0.25) is 21.8 Å². The van der Waals surface area contributed by atoms with E-state index in [0.717, 1.165) is 4.31 Å². The second-order valence-corrected chi connectivity index (χ2v) is 9.41. The Morgan fingerprint density at radius 1 is 1.10 bits per heavy atom. The van der Waals surface area contributed by atoms with Crippen LogP contribution in [0.5, 0.6) is 0 Å². The standard InChI is InChI=1S/C21H24ClN3O5S/c1-16(26)23-18-6-8-19(9-7-18)31(28,29)25(14-17-4-2-3-5-20(17)22)15-21(27)24-10-12-30-13-11-24/h2-9H,10-15H2,1H3,(H,23,26). The third kappa shape index (κ3) is 6.04. The molecule has 1 aliphatic heterocycles. The van der Waals surface area contributed by atoms with Crippen molar-refractivity contribution in [1.29, 1.82) is 0 Å². The van der Waals surface area contributed by atoms with Gasteiger partial charge in [-0.1, -0.05) is 29.8 Å². The molecule has 1 heterocycles. The zero-order valence-corrected chi connectivity index (χ0v) is 18.7. The fraction of sp³-hybridized carbons (Fsp3) is 0.333. The fourth-order valence-corrected chi connectivity index (χ4v) is 4.73. The molecule has 2 aromatic carbocycles. The highest BCUT2D eigenvalue weighted by molar-refractivity contribution is 7.89. The number of sulfonamides is 1.